The van der Waals surface area contributed by atoms with E-state index in [0.29, 0.717) is 0 Å². The Morgan fingerprint density at radius 3 is 2.19 bits per heavy atom. The molecule has 0 saturated heterocycles. The number of hydrogen-bond donors (Lipinski definition) is 0. The minimum absolute atomic E-state index is 0.0411. The van der Waals surface area contributed by atoms with Crippen LogP contribution in [0.3, 0.4) is 0 Å². The van der Waals surface area contributed by atoms with Crippen LogP contribution in [0.25, 0.3) is 15.8 Å². The smallest absolute Gasteiger partial charge is 0.415 e. The van der Waals surface area contributed by atoms with E-state index < -0.39 is 17.4 Å². The van der Waals surface area contributed by atoms with E-state index in [9.17, 15) is 13.2 Å². The molecule has 0 bridgehead atoms. The Morgan fingerprint density at radius 2 is 1.69 bits per heavy atom. The van der Waals surface area contributed by atoms with E-state index in [1.807, 2.05) is 43.3 Å². The minimum Gasteiger partial charge on any atom is -0.507 e. The van der Waals surface area contributed by atoms with Crippen molar-refractivity contribution in [2.24, 2.45) is 0 Å². The Labute approximate surface area is 186 Å². The Bertz CT molecular complexity index is 1100. The molecule has 0 radical (unpaired) electrons. The minimum atomic E-state index is -4.70. The topological polar surface area (TPSA) is 21.2 Å². The van der Waals surface area contributed by atoms with Gasteiger partial charge in [-0.05, 0) is 38.5 Å². The van der Waals surface area contributed by atoms with Crippen molar-refractivity contribution in [3.8, 4) is 0 Å². The van der Waals surface area contributed by atoms with Gasteiger partial charge in [0, 0.05) is 25.4 Å². The van der Waals surface area contributed by atoms with Gasteiger partial charge in [0.15, 0.2) is 5.70 Å². The molecule has 32 heavy (non-hydrogen) atoms. The largest absolute Gasteiger partial charge is 0.507 e. The van der Waals surface area contributed by atoms with Gasteiger partial charge in [-0.1, -0.05) is 42.5 Å². The first kappa shape index (κ1) is 24.6. The molecule has 4 nitrogen and oxygen atoms in total. The predicted molar refractivity (Wildman–Crippen MR) is 121 cm³/mol. The molecule has 1 heterocycles. The highest BCUT2D eigenvalue weighted by molar-refractivity contribution is 5.59. The van der Waals surface area contributed by atoms with Crippen molar-refractivity contribution in [3.63, 3.8) is 0 Å². The molecular weight excluding hydrogens is 415 g/mol. The molecule has 7 heteroatoms. The van der Waals surface area contributed by atoms with Crippen LogP contribution in [-0.2, 0) is 4.74 Å². The standard InChI is InChI=1S/C25H24F3N3O/c1-17(29-4)23-22(30-5)21(24(2,3)32-23)20(25(26,27)28)12-10-8-9-11-18-13-15-19(16-14-18)31(6)7/h8-16H,1-3,6-7H3/b10-8+,11-9+,20-12-,23-17+. The molecule has 0 spiro atoms. The fourth-order valence-corrected chi connectivity index (χ4v) is 3.19. The lowest BCUT2D eigenvalue weighted by Crippen LogP contribution is -2.28. The molecule has 0 N–H and O–H groups in total. The lowest BCUT2D eigenvalue weighted by molar-refractivity contribution is -0.0919. The Hall–Kier alpha value is -3.71. The van der Waals surface area contributed by atoms with Crippen molar-refractivity contribution in [1.29, 1.82) is 0 Å². The average molecular weight is 439 g/mol. The number of anilines is 1. The van der Waals surface area contributed by atoms with Crippen molar-refractivity contribution in [2.75, 3.05) is 19.0 Å². The lowest BCUT2D eigenvalue weighted by atomic mass is 9.90. The highest BCUT2D eigenvalue weighted by atomic mass is 19.4. The second-order valence-corrected chi connectivity index (χ2v) is 7.78. The zero-order valence-corrected chi connectivity index (χ0v) is 18.6. The van der Waals surface area contributed by atoms with Gasteiger partial charge in [-0.15, -0.1) is 0 Å². The van der Waals surface area contributed by atoms with Crippen molar-refractivity contribution in [2.45, 2.75) is 32.5 Å². The first-order valence-corrected chi connectivity index (χ1v) is 9.72. The number of hydrogen-bond acceptors (Lipinski definition) is 2. The van der Waals surface area contributed by atoms with Gasteiger partial charge in [0.05, 0.1) is 18.7 Å². The summed E-state index contributed by atoms with van der Waals surface area (Å²) in [5.41, 5.74) is -0.931. The summed E-state index contributed by atoms with van der Waals surface area (Å²) in [7, 11) is 3.87. The van der Waals surface area contributed by atoms with E-state index in [4.69, 9.17) is 17.9 Å². The summed E-state index contributed by atoms with van der Waals surface area (Å²) in [6.45, 7) is 18.9. The van der Waals surface area contributed by atoms with Crippen LogP contribution in [0.4, 0.5) is 18.9 Å². The average Bonchev–Trinajstić information content (AvgIpc) is 2.99. The SMILES string of the molecule is [C-]#[N+]C1=C(C(=C/C=C/C=C/c2ccc(N(C)C)cc2)/C(F)(F)F)C(C)(C)O/C1=C(\C)[N+]#[C-]. The van der Waals surface area contributed by atoms with E-state index in [1.54, 1.807) is 12.2 Å². The number of allylic oxidation sites excluding steroid dienone is 5. The maximum absolute atomic E-state index is 13.9. The van der Waals surface area contributed by atoms with Gasteiger partial charge in [0.1, 0.15) is 11.4 Å². The zero-order chi connectivity index (χ0) is 24.1. The van der Waals surface area contributed by atoms with Gasteiger partial charge in [-0.2, -0.15) is 13.2 Å². The Morgan fingerprint density at radius 1 is 1.06 bits per heavy atom. The molecule has 0 fully saturated rings. The molecule has 2 rings (SSSR count). The quantitative estimate of drug-likeness (QED) is 0.366. The summed E-state index contributed by atoms with van der Waals surface area (Å²) in [6, 6.07) is 7.72. The van der Waals surface area contributed by atoms with Crippen LogP contribution < -0.4 is 4.90 Å². The van der Waals surface area contributed by atoms with Crippen molar-refractivity contribution in [3.05, 3.63) is 105 Å². The van der Waals surface area contributed by atoms with Crippen LogP contribution in [0.2, 0.25) is 0 Å². The van der Waals surface area contributed by atoms with Crippen LogP contribution in [0.5, 0.6) is 0 Å². The molecule has 0 unspecified atom stereocenters. The third-order valence-electron chi connectivity index (χ3n) is 4.78. The second-order valence-electron chi connectivity index (χ2n) is 7.78. The van der Waals surface area contributed by atoms with E-state index in [-0.39, 0.29) is 22.7 Å². The number of nitrogens with zero attached hydrogens (tertiary/aromatic N) is 3. The highest BCUT2D eigenvalue weighted by Gasteiger charge is 2.48. The summed E-state index contributed by atoms with van der Waals surface area (Å²) >= 11 is 0. The third-order valence-corrected chi connectivity index (χ3v) is 4.78. The van der Waals surface area contributed by atoms with Crippen LogP contribution in [0.1, 0.15) is 26.3 Å². The summed E-state index contributed by atoms with van der Waals surface area (Å²) in [5.74, 6) is -0.102. The number of benzene rings is 1. The van der Waals surface area contributed by atoms with Gasteiger partial charge >= 0.3 is 6.18 Å². The van der Waals surface area contributed by atoms with Crippen LogP contribution in [0, 0.1) is 13.1 Å². The van der Waals surface area contributed by atoms with Gasteiger partial charge in [0.2, 0.25) is 5.70 Å². The fraction of sp³-hybridized carbons (Fsp3) is 0.280. The first-order valence-electron chi connectivity index (χ1n) is 9.72. The summed E-state index contributed by atoms with van der Waals surface area (Å²) < 4.78 is 47.4. The van der Waals surface area contributed by atoms with Crippen LogP contribution in [-0.4, -0.2) is 25.9 Å². The maximum Gasteiger partial charge on any atom is 0.415 e. The maximum atomic E-state index is 13.9. The lowest BCUT2D eigenvalue weighted by Gasteiger charge is -2.26. The molecule has 0 saturated carbocycles. The van der Waals surface area contributed by atoms with Gasteiger partial charge in [0.25, 0.3) is 0 Å². The number of halogens is 3. The predicted octanol–water partition coefficient (Wildman–Crippen LogP) is 6.94. The van der Waals surface area contributed by atoms with Crippen molar-refractivity contribution >= 4 is 11.8 Å². The van der Waals surface area contributed by atoms with Gasteiger partial charge in [-0.3, -0.25) is 0 Å². The number of ether oxygens (including phenoxy) is 1. The molecule has 1 aliphatic rings. The van der Waals surface area contributed by atoms with E-state index in [0.717, 1.165) is 17.3 Å². The summed E-state index contributed by atoms with van der Waals surface area (Å²) in [4.78, 5) is 8.46. The number of rotatable bonds is 5. The molecule has 0 aliphatic carbocycles. The summed E-state index contributed by atoms with van der Waals surface area (Å²) in [5, 5.41) is 0. The molecule has 0 atom stereocenters. The van der Waals surface area contributed by atoms with E-state index in [1.165, 1.54) is 32.9 Å². The third kappa shape index (κ3) is 5.50. The molecule has 166 valence electrons. The van der Waals surface area contributed by atoms with Crippen molar-refractivity contribution < 1.29 is 17.9 Å². The van der Waals surface area contributed by atoms with Crippen LogP contribution >= 0.6 is 0 Å². The van der Waals surface area contributed by atoms with Crippen LogP contribution in [0.15, 0.2) is 76.9 Å². The molecule has 0 amide bonds. The molecular formula is C25H24F3N3O. The van der Waals surface area contributed by atoms with E-state index >= 15 is 0 Å². The van der Waals surface area contributed by atoms with E-state index in [2.05, 4.69) is 9.69 Å². The highest BCUT2D eigenvalue weighted by Crippen LogP contribution is 2.48. The summed E-state index contributed by atoms with van der Waals surface area (Å²) in [6.07, 6.45) is 2.42. The molecule has 1 aromatic rings. The first-order chi connectivity index (χ1) is 14.9. The Balaban J connectivity index is 2.42. The molecule has 1 aliphatic heterocycles. The van der Waals surface area contributed by atoms with Gasteiger partial charge < -0.3 is 9.64 Å². The molecule has 0 aromatic heterocycles. The van der Waals surface area contributed by atoms with Gasteiger partial charge in [-0.25, -0.2) is 9.69 Å². The van der Waals surface area contributed by atoms with Crippen molar-refractivity contribution in [1.82, 2.24) is 0 Å². The Kier molecular flexibility index (Phi) is 7.38. The second kappa shape index (κ2) is 9.62. The monoisotopic (exact) mass is 439 g/mol. The molecule has 1 aromatic carbocycles. The number of alkyl halides is 3. The fourth-order valence-electron chi connectivity index (χ4n) is 3.19. The normalized spacial score (nSPS) is 18.0. The zero-order valence-electron chi connectivity index (χ0n) is 18.6.